The number of carboxylic acids is 7. The van der Waals surface area contributed by atoms with Gasteiger partial charge in [-0.2, -0.15) is 0 Å². The van der Waals surface area contributed by atoms with Gasteiger partial charge in [-0.15, -0.1) is 0 Å². The Morgan fingerprint density at radius 2 is 1.27 bits per heavy atom. The summed E-state index contributed by atoms with van der Waals surface area (Å²) in [5.74, 6) is -10.9. The maximum absolute atomic E-state index is 13.1. The number of nitrogens with one attached hydrogen (secondary N) is 1. The summed E-state index contributed by atoms with van der Waals surface area (Å²) >= 11 is 0. The summed E-state index contributed by atoms with van der Waals surface area (Å²) in [6.07, 6.45) is -3.24. The zero-order valence-corrected chi connectivity index (χ0v) is 37.1. The lowest BCUT2D eigenvalue weighted by Crippen LogP contribution is -2.55. The Morgan fingerprint density at radius 1 is 0.698 bits per heavy atom. The van der Waals surface area contributed by atoms with Crippen molar-refractivity contribution < 1.29 is 69.3 Å². The highest BCUT2D eigenvalue weighted by Crippen LogP contribution is 2.62. The van der Waals surface area contributed by atoms with Crippen LogP contribution in [-0.2, 0) is 33.6 Å². The summed E-state index contributed by atoms with van der Waals surface area (Å²) in [5, 5.41) is 75.1. The highest BCUT2D eigenvalue weighted by molar-refractivity contribution is 6.18. The van der Waals surface area contributed by atoms with E-state index in [9.17, 15) is 69.3 Å². The molecule has 0 aliphatic carbocycles. The van der Waals surface area contributed by atoms with Crippen molar-refractivity contribution in [2.75, 3.05) is 0 Å². The summed E-state index contributed by atoms with van der Waals surface area (Å²) in [7, 11) is 0. The number of carbonyl (C=O) groups is 7. The molecule has 5 rings (SSSR count). The predicted molar refractivity (Wildman–Crippen MR) is 228 cm³/mol. The van der Waals surface area contributed by atoms with Crippen LogP contribution in [0, 0.1) is 34.0 Å². The van der Waals surface area contributed by atoms with Crippen molar-refractivity contribution in [2.45, 2.75) is 150 Å². The van der Waals surface area contributed by atoms with Crippen LogP contribution in [-0.4, -0.2) is 112 Å². The molecular weight excluding hydrogens is 821 g/mol. The molecule has 63 heavy (non-hydrogen) atoms. The molecule has 9 atom stereocenters. The van der Waals surface area contributed by atoms with Crippen LogP contribution >= 0.6 is 0 Å². The number of hydrogen-bond acceptors (Lipinski definition) is 11. The molecule has 18 nitrogen and oxygen atoms in total. The van der Waals surface area contributed by atoms with E-state index in [1.54, 1.807) is 41.5 Å². The average Bonchev–Trinajstić information content (AvgIpc) is 3.75. The molecule has 5 aliphatic rings. The largest absolute Gasteiger partial charge is 0.481 e. The van der Waals surface area contributed by atoms with E-state index in [1.807, 2.05) is 13.8 Å². The lowest BCUT2D eigenvalue weighted by Gasteiger charge is -2.48. The molecule has 0 amide bonds. The fourth-order valence-corrected chi connectivity index (χ4v) is 11.7. The van der Waals surface area contributed by atoms with E-state index in [-0.39, 0.29) is 57.1 Å². The quantitative estimate of drug-likeness (QED) is 0.0800. The highest BCUT2D eigenvalue weighted by atomic mass is 16.4. The van der Waals surface area contributed by atoms with Crippen molar-refractivity contribution in [1.82, 2.24) is 5.32 Å². The SMILES string of the molecule is CC1=C(CCC(=O)O)C2=N[C@@]1(C)CC1=C(CCC(=O)O)[C@](C)(CC(=O)O)/C(=C(\C)C3=N[C@@](C)([C@@H]4N=C([C@H]2C)[C@](C)(CCC(=O)O)[C@H]4CC(=O)O)[C@@](C)(CC(=O)O)[C@@H]3CCC(=O)O)N1. The first-order valence-corrected chi connectivity index (χ1v) is 21.3. The van der Waals surface area contributed by atoms with Gasteiger partial charge in [0.1, 0.15) is 0 Å². The van der Waals surface area contributed by atoms with Crippen molar-refractivity contribution in [1.29, 1.82) is 0 Å². The maximum atomic E-state index is 13.1. The molecule has 0 aromatic heterocycles. The molecule has 0 aromatic carbocycles. The third-order valence-electron chi connectivity index (χ3n) is 15.2. The fourth-order valence-electron chi connectivity index (χ4n) is 11.7. The molecule has 0 radical (unpaired) electrons. The number of nitrogens with zero attached hydrogens (tertiary/aromatic N) is 3. The normalized spacial score (nSPS) is 34.7. The van der Waals surface area contributed by atoms with E-state index in [1.165, 1.54) is 0 Å². The summed E-state index contributed by atoms with van der Waals surface area (Å²) in [6, 6.07) is -1.13. The second kappa shape index (κ2) is 17.1. The van der Waals surface area contributed by atoms with Crippen LogP contribution in [0.4, 0.5) is 0 Å². The van der Waals surface area contributed by atoms with Gasteiger partial charge in [0.15, 0.2) is 0 Å². The third-order valence-corrected chi connectivity index (χ3v) is 15.2. The summed E-state index contributed by atoms with van der Waals surface area (Å²) in [5.41, 5.74) is -2.82. The lowest BCUT2D eigenvalue weighted by molar-refractivity contribution is -0.143. The van der Waals surface area contributed by atoms with E-state index in [0.29, 0.717) is 45.1 Å². The maximum Gasteiger partial charge on any atom is 0.304 e. The zero-order valence-electron chi connectivity index (χ0n) is 37.1. The molecule has 5 aliphatic heterocycles. The average molecular weight is 881 g/mol. The minimum atomic E-state index is -1.62. The Kier molecular flexibility index (Phi) is 13.1. The van der Waals surface area contributed by atoms with Gasteiger partial charge in [-0.25, -0.2) is 0 Å². The number of allylic oxidation sites excluding steroid dienone is 3. The monoisotopic (exact) mass is 880 g/mol. The molecule has 5 heterocycles. The van der Waals surface area contributed by atoms with Gasteiger partial charge in [-0.1, -0.05) is 20.8 Å². The summed E-state index contributed by atoms with van der Waals surface area (Å²) < 4.78 is 0. The van der Waals surface area contributed by atoms with E-state index in [2.05, 4.69) is 5.32 Å². The third kappa shape index (κ3) is 8.56. The summed E-state index contributed by atoms with van der Waals surface area (Å²) in [6.45, 7) is 13.9. The van der Waals surface area contributed by atoms with Crippen LogP contribution in [0.1, 0.15) is 132 Å². The molecule has 0 saturated heterocycles. The smallest absolute Gasteiger partial charge is 0.304 e. The number of fused-ring (bicyclic) bond motifs is 6. The van der Waals surface area contributed by atoms with Crippen LogP contribution in [0.3, 0.4) is 0 Å². The molecule has 8 bridgehead atoms. The van der Waals surface area contributed by atoms with Gasteiger partial charge >= 0.3 is 41.8 Å². The van der Waals surface area contributed by atoms with Crippen LogP contribution < -0.4 is 5.32 Å². The Labute approximate surface area is 365 Å². The van der Waals surface area contributed by atoms with E-state index in [0.717, 1.165) is 0 Å². The Bertz CT molecular complexity index is 2240. The molecule has 8 N–H and O–H groups in total. The van der Waals surface area contributed by atoms with Crippen molar-refractivity contribution in [3.63, 3.8) is 0 Å². The lowest BCUT2D eigenvalue weighted by atomic mass is 9.55. The Morgan fingerprint density at radius 3 is 1.81 bits per heavy atom. The molecule has 18 heteroatoms. The minimum Gasteiger partial charge on any atom is -0.481 e. The number of rotatable bonds is 18. The van der Waals surface area contributed by atoms with Gasteiger partial charge in [0, 0.05) is 94.6 Å². The standard InChI is InChI=1S/C45H60N4O14/c1-21-36-24(9-12-29(50)51)23(3)44(7,48-36)18-28-25(10-13-30(52)53)42(5,19-34(60)61)39(46-28)22(2)37-26(11-14-31(54)55)43(6,20-35(62)63)45(8,49-37)40-27(17-33(58)59)41(4,38(21)47-40)16-15-32(56)57/h21,26-27,40,46H,9-20H2,1-8H3,(H,50,51)(H,52,53)(H,54,55)(H,56,57)(H,58,59)(H,60,61)(H,62,63)/b39-22-/t21-,26+,27-,40+,41+,42-,43-,44-,45-/m0/s1. The van der Waals surface area contributed by atoms with Gasteiger partial charge in [-0.05, 0) is 82.6 Å². The van der Waals surface area contributed by atoms with Crippen LogP contribution in [0.2, 0.25) is 0 Å². The summed E-state index contributed by atoms with van der Waals surface area (Å²) in [4.78, 5) is 104. The molecule has 0 spiro atoms. The fraction of sp³-hybridized carbons (Fsp3) is 0.644. The van der Waals surface area contributed by atoms with Gasteiger partial charge in [-0.3, -0.25) is 48.5 Å². The van der Waals surface area contributed by atoms with Gasteiger partial charge in [0.05, 0.1) is 36.4 Å². The second-order valence-corrected chi connectivity index (χ2v) is 19.1. The topological polar surface area (TPSA) is 310 Å². The van der Waals surface area contributed by atoms with Gasteiger partial charge in [0.25, 0.3) is 0 Å². The van der Waals surface area contributed by atoms with Crippen molar-refractivity contribution in [3.05, 3.63) is 33.7 Å². The molecule has 344 valence electrons. The van der Waals surface area contributed by atoms with Gasteiger partial charge < -0.3 is 41.1 Å². The number of aliphatic imine (C=N–C) groups is 3. The molecule has 0 saturated carbocycles. The van der Waals surface area contributed by atoms with Crippen LogP contribution in [0.5, 0.6) is 0 Å². The van der Waals surface area contributed by atoms with Crippen molar-refractivity contribution in [2.24, 2.45) is 49.0 Å². The van der Waals surface area contributed by atoms with E-state index in [4.69, 9.17) is 15.0 Å². The molecular formula is C45H60N4O14. The first-order chi connectivity index (χ1) is 29.1. The molecule has 0 unspecified atom stereocenters. The van der Waals surface area contributed by atoms with Gasteiger partial charge in [0.2, 0.25) is 0 Å². The second-order valence-electron chi connectivity index (χ2n) is 19.1. The molecule has 0 fully saturated rings. The van der Waals surface area contributed by atoms with Crippen molar-refractivity contribution in [3.8, 4) is 0 Å². The van der Waals surface area contributed by atoms with E-state index < -0.39 is 119 Å². The van der Waals surface area contributed by atoms with Crippen molar-refractivity contribution >= 4 is 58.9 Å². The predicted octanol–water partition coefficient (Wildman–Crippen LogP) is 5.86. The van der Waals surface area contributed by atoms with Crippen LogP contribution in [0.25, 0.3) is 0 Å². The highest BCUT2D eigenvalue weighted by Gasteiger charge is 2.66. The van der Waals surface area contributed by atoms with Crippen LogP contribution in [0.15, 0.2) is 48.7 Å². The Hall–Kier alpha value is -5.68. The number of carboxylic acid groups (broad SMARTS) is 7. The first-order valence-electron chi connectivity index (χ1n) is 21.3. The first kappa shape index (κ1) is 48.4. The zero-order chi connectivity index (χ0) is 47.4. The molecule has 0 aromatic rings. The van der Waals surface area contributed by atoms with E-state index >= 15 is 0 Å². The Balaban J connectivity index is 2.00. The minimum absolute atomic E-state index is 0.0354. The number of hydrogen-bond donors (Lipinski definition) is 8. The number of aliphatic carboxylic acids is 7.